The summed E-state index contributed by atoms with van der Waals surface area (Å²) in [6.07, 6.45) is 2.39. The van der Waals surface area contributed by atoms with Gasteiger partial charge >= 0.3 is 0 Å². The topological polar surface area (TPSA) is 62.4 Å². The maximum absolute atomic E-state index is 9.11. The second-order valence-corrected chi connectivity index (χ2v) is 4.29. The molecule has 0 aliphatic heterocycles. The van der Waals surface area contributed by atoms with E-state index >= 15 is 0 Å². The van der Waals surface area contributed by atoms with Gasteiger partial charge in [-0.2, -0.15) is 0 Å². The van der Waals surface area contributed by atoms with Gasteiger partial charge in [0, 0.05) is 30.4 Å². The smallest absolute Gasteiger partial charge is 0.133 e. The summed E-state index contributed by atoms with van der Waals surface area (Å²) in [4.78, 5) is 6.75. The molecule has 1 fully saturated rings. The molecule has 0 unspecified atom stereocenters. The fourth-order valence-electron chi connectivity index (χ4n) is 1.94. The SMILES string of the molecule is Cc1ccc(CN)c(N(CCO)C2CC2)n1. The van der Waals surface area contributed by atoms with Crippen LogP contribution < -0.4 is 10.6 Å². The molecule has 0 radical (unpaired) electrons. The molecule has 3 N–H and O–H groups in total. The van der Waals surface area contributed by atoms with E-state index in [0.29, 0.717) is 19.1 Å². The lowest BCUT2D eigenvalue weighted by Gasteiger charge is -2.25. The molecule has 0 spiro atoms. The van der Waals surface area contributed by atoms with Gasteiger partial charge in [-0.05, 0) is 25.8 Å². The Balaban J connectivity index is 2.30. The molecular weight excluding hydrogens is 202 g/mol. The lowest BCUT2D eigenvalue weighted by atomic mass is 10.2. The van der Waals surface area contributed by atoms with Gasteiger partial charge in [-0.1, -0.05) is 6.07 Å². The Morgan fingerprint density at radius 1 is 1.50 bits per heavy atom. The highest BCUT2D eigenvalue weighted by molar-refractivity contribution is 5.49. The molecule has 1 aromatic rings. The van der Waals surface area contributed by atoms with Gasteiger partial charge < -0.3 is 15.7 Å². The molecule has 0 aromatic carbocycles. The molecule has 88 valence electrons. The van der Waals surface area contributed by atoms with Crippen molar-refractivity contribution in [3.8, 4) is 0 Å². The molecule has 2 rings (SSSR count). The number of pyridine rings is 1. The summed E-state index contributed by atoms with van der Waals surface area (Å²) < 4.78 is 0. The zero-order chi connectivity index (χ0) is 11.5. The van der Waals surface area contributed by atoms with Gasteiger partial charge in [0.25, 0.3) is 0 Å². The maximum Gasteiger partial charge on any atom is 0.133 e. The number of aryl methyl sites for hydroxylation is 1. The first-order chi connectivity index (χ1) is 7.76. The molecule has 0 saturated heterocycles. The van der Waals surface area contributed by atoms with Crippen LogP contribution in [-0.4, -0.2) is 29.3 Å². The van der Waals surface area contributed by atoms with E-state index < -0.39 is 0 Å². The van der Waals surface area contributed by atoms with E-state index in [1.807, 2.05) is 19.1 Å². The summed E-state index contributed by atoms with van der Waals surface area (Å²) in [5, 5.41) is 9.11. The lowest BCUT2D eigenvalue weighted by molar-refractivity contribution is 0.301. The number of hydrogen-bond acceptors (Lipinski definition) is 4. The van der Waals surface area contributed by atoms with Crippen LogP contribution in [0.1, 0.15) is 24.1 Å². The Hall–Kier alpha value is -1.13. The molecule has 1 aromatic heterocycles. The third-order valence-corrected chi connectivity index (χ3v) is 2.92. The van der Waals surface area contributed by atoms with E-state index in [0.717, 1.165) is 17.1 Å². The second kappa shape index (κ2) is 4.80. The van der Waals surface area contributed by atoms with E-state index in [9.17, 15) is 0 Å². The van der Waals surface area contributed by atoms with Gasteiger partial charge in [-0.3, -0.25) is 0 Å². The van der Waals surface area contributed by atoms with E-state index in [4.69, 9.17) is 10.8 Å². The minimum atomic E-state index is 0.163. The van der Waals surface area contributed by atoms with Gasteiger partial charge in [0.15, 0.2) is 0 Å². The van der Waals surface area contributed by atoms with Crippen molar-refractivity contribution in [2.75, 3.05) is 18.1 Å². The number of rotatable bonds is 5. The monoisotopic (exact) mass is 221 g/mol. The lowest BCUT2D eigenvalue weighted by Crippen LogP contribution is -2.31. The van der Waals surface area contributed by atoms with Crippen molar-refractivity contribution in [2.24, 2.45) is 5.73 Å². The van der Waals surface area contributed by atoms with E-state index in [-0.39, 0.29) is 6.61 Å². The van der Waals surface area contributed by atoms with Crippen molar-refractivity contribution in [1.29, 1.82) is 0 Å². The Bertz CT molecular complexity index is 363. The van der Waals surface area contributed by atoms with Crippen LogP contribution in [0, 0.1) is 6.92 Å². The van der Waals surface area contributed by atoms with Crippen molar-refractivity contribution in [1.82, 2.24) is 4.98 Å². The molecule has 0 amide bonds. The quantitative estimate of drug-likeness (QED) is 0.772. The molecule has 16 heavy (non-hydrogen) atoms. The third-order valence-electron chi connectivity index (χ3n) is 2.92. The standard InChI is InChI=1S/C12H19N3O/c1-9-2-3-10(8-13)12(14-9)15(6-7-16)11-4-5-11/h2-3,11,16H,4-8,13H2,1H3. The normalized spacial score (nSPS) is 15.2. The largest absolute Gasteiger partial charge is 0.395 e. The van der Waals surface area contributed by atoms with Crippen LogP contribution in [0.5, 0.6) is 0 Å². The Morgan fingerprint density at radius 2 is 2.25 bits per heavy atom. The fourth-order valence-corrected chi connectivity index (χ4v) is 1.94. The second-order valence-electron chi connectivity index (χ2n) is 4.29. The van der Waals surface area contributed by atoms with E-state index in [1.165, 1.54) is 12.8 Å². The predicted octanol–water partition coefficient (Wildman–Crippen LogP) is 0.810. The summed E-state index contributed by atoms with van der Waals surface area (Å²) >= 11 is 0. The van der Waals surface area contributed by atoms with Crippen molar-refractivity contribution in [3.63, 3.8) is 0 Å². The predicted molar refractivity (Wildman–Crippen MR) is 64.3 cm³/mol. The number of hydrogen-bond donors (Lipinski definition) is 2. The van der Waals surface area contributed by atoms with Crippen LogP contribution in [0.2, 0.25) is 0 Å². The van der Waals surface area contributed by atoms with Crippen LogP contribution in [-0.2, 0) is 6.54 Å². The highest BCUT2D eigenvalue weighted by Crippen LogP contribution is 2.32. The van der Waals surface area contributed by atoms with Crippen molar-refractivity contribution >= 4 is 5.82 Å². The first-order valence-corrected chi connectivity index (χ1v) is 5.80. The highest BCUT2D eigenvalue weighted by atomic mass is 16.3. The van der Waals surface area contributed by atoms with Crippen molar-refractivity contribution < 1.29 is 5.11 Å². The number of aliphatic hydroxyl groups is 1. The van der Waals surface area contributed by atoms with Gasteiger partial charge in [-0.15, -0.1) is 0 Å². The third kappa shape index (κ3) is 2.33. The van der Waals surface area contributed by atoms with Gasteiger partial charge in [0.1, 0.15) is 5.82 Å². The summed E-state index contributed by atoms with van der Waals surface area (Å²) in [7, 11) is 0. The first-order valence-electron chi connectivity index (χ1n) is 5.80. The van der Waals surface area contributed by atoms with Crippen LogP contribution in [0.3, 0.4) is 0 Å². The Kier molecular flexibility index (Phi) is 3.41. The Labute approximate surface area is 96.1 Å². The maximum atomic E-state index is 9.11. The van der Waals surface area contributed by atoms with E-state index in [2.05, 4.69) is 9.88 Å². The van der Waals surface area contributed by atoms with Crippen molar-refractivity contribution in [2.45, 2.75) is 32.4 Å². The summed E-state index contributed by atoms with van der Waals surface area (Å²) in [6.45, 7) is 3.29. The summed E-state index contributed by atoms with van der Waals surface area (Å²) in [5.74, 6) is 0.957. The molecule has 1 saturated carbocycles. The molecule has 1 aliphatic carbocycles. The minimum absolute atomic E-state index is 0.163. The zero-order valence-corrected chi connectivity index (χ0v) is 9.69. The zero-order valence-electron chi connectivity index (χ0n) is 9.69. The van der Waals surface area contributed by atoms with E-state index in [1.54, 1.807) is 0 Å². The molecule has 4 nitrogen and oxygen atoms in total. The van der Waals surface area contributed by atoms with Crippen LogP contribution in [0.15, 0.2) is 12.1 Å². The number of aliphatic hydroxyl groups excluding tert-OH is 1. The minimum Gasteiger partial charge on any atom is -0.395 e. The molecular formula is C12H19N3O. The Morgan fingerprint density at radius 3 is 2.81 bits per heavy atom. The number of nitrogens with zero attached hydrogens (tertiary/aromatic N) is 2. The fraction of sp³-hybridized carbons (Fsp3) is 0.583. The van der Waals surface area contributed by atoms with Crippen molar-refractivity contribution in [3.05, 3.63) is 23.4 Å². The molecule has 0 atom stereocenters. The highest BCUT2D eigenvalue weighted by Gasteiger charge is 2.30. The van der Waals surface area contributed by atoms with Gasteiger partial charge in [0.05, 0.1) is 6.61 Å². The molecule has 4 heteroatoms. The molecule has 0 bridgehead atoms. The first kappa shape index (κ1) is 11.4. The van der Waals surface area contributed by atoms with Crippen LogP contribution in [0.25, 0.3) is 0 Å². The van der Waals surface area contributed by atoms with Gasteiger partial charge in [0.2, 0.25) is 0 Å². The molecule has 1 aliphatic rings. The average molecular weight is 221 g/mol. The summed E-state index contributed by atoms with van der Waals surface area (Å²) in [5.41, 5.74) is 7.78. The molecule has 1 heterocycles. The summed E-state index contributed by atoms with van der Waals surface area (Å²) in [6, 6.07) is 4.56. The number of anilines is 1. The van der Waals surface area contributed by atoms with Gasteiger partial charge in [-0.25, -0.2) is 4.98 Å². The average Bonchev–Trinajstić information content (AvgIpc) is 3.10. The number of aromatic nitrogens is 1. The number of nitrogens with two attached hydrogens (primary N) is 1. The van der Waals surface area contributed by atoms with Crippen LogP contribution in [0.4, 0.5) is 5.82 Å². The van der Waals surface area contributed by atoms with Crippen LogP contribution >= 0.6 is 0 Å².